The smallest absolute Gasteiger partial charge is 0.302 e. The molecule has 48 valence electrons. The third-order valence-corrected chi connectivity index (χ3v) is 1.27. The van der Waals surface area contributed by atoms with Crippen molar-refractivity contribution in [2.45, 2.75) is 0 Å². The topological polar surface area (TPSA) is 67.2 Å². The Balaban J connectivity index is 4.14. The van der Waals surface area contributed by atoms with Crippen LogP contribution in [0.2, 0.25) is 0 Å². The first-order valence-corrected chi connectivity index (χ1v) is 3.44. The molecule has 0 spiro atoms. The van der Waals surface area contributed by atoms with Crippen LogP contribution in [0.4, 0.5) is 0 Å². The van der Waals surface area contributed by atoms with Crippen LogP contribution in [0.5, 0.6) is 0 Å². The Morgan fingerprint density at radius 1 is 1.67 bits per heavy atom. The first kappa shape index (κ1) is 7.80. The van der Waals surface area contributed by atoms with Crippen LogP contribution in [0.3, 0.4) is 0 Å². The van der Waals surface area contributed by atoms with Crippen LogP contribution < -0.4 is 0 Å². The highest BCUT2D eigenvalue weighted by molar-refractivity contribution is 7.87. The lowest BCUT2D eigenvalue weighted by molar-refractivity contribution is 0.463. The molecule has 0 aromatic carbocycles. The van der Waals surface area contributed by atoms with Gasteiger partial charge in [-0.1, -0.05) is 5.92 Å². The Kier molecular flexibility index (Phi) is 2.56. The highest BCUT2D eigenvalue weighted by Crippen LogP contribution is 1.87. The molecule has 0 aromatic heterocycles. The summed E-state index contributed by atoms with van der Waals surface area (Å²) < 4.78 is 24.1. The van der Waals surface area contributed by atoms with E-state index in [1.54, 1.807) is 0 Å². The van der Waals surface area contributed by atoms with E-state index >= 15 is 0 Å². The molecule has 0 bridgehead atoms. The molecule has 0 aliphatic rings. The highest BCUT2D eigenvalue weighted by Gasteiger charge is 2.06. The summed E-state index contributed by atoms with van der Waals surface area (Å²) in [4.78, 5) is 0. The summed E-state index contributed by atoms with van der Waals surface area (Å²) >= 11 is 0. The SMILES string of the molecule is C#CCS(=O)(=O)OC#N. The summed E-state index contributed by atoms with van der Waals surface area (Å²) in [6, 6.07) is 0. The van der Waals surface area contributed by atoms with Gasteiger partial charge >= 0.3 is 16.4 Å². The minimum Gasteiger partial charge on any atom is -0.302 e. The third kappa shape index (κ3) is 3.39. The summed E-state index contributed by atoms with van der Waals surface area (Å²) in [6.07, 6.45) is 5.64. The van der Waals surface area contributed by atoms with Crippen molar-refractivity contribution in [2.75, 3.05) is 5.75 Å². The van der Waals surface area contributed by atoms with E-state index in [4.69, 9.17) is 5.26 Å². The van der Waals surface area contributed by atoms with Crippen LogP contribution in [0.25, 0.3) is 0 Å². The van der Waals surface area contributed by atoms with Gasteiger partial charge < -0.3 is 4.18 Å². The van der Waals surface area contributed by atoms with Gasteiger partial charge in [0.25, 0.3) is 0 Å². The molecule has 4 nitrogen and oxygen atoms in total. The van der Waals surface area contributed by atoms with Crippen LogP contribution in [0.1, 0.15) is 0 Å². The molecule has 0 fully saturated rings. The number of nitrogens with zero attached hydrogens (tertiary/aromatic N) is 1. The molecular weight excluding hydrogens is 142 g/mol. The van der Waals surface area contributed by atoms with Gasteiger partial charge in [-0.3, -0.25) is 0 Å². The van der Waals surface area contributed by atoms with Gasteiger partial charge in [-0.2, -0.15) is 8.42 Å². The highest BCUT2D eigenvalue weighted by atomic mass is 32.2. The van der Waals surface area contributed by atoms with E-state index in [9.17, 15) is 8.42 Å². The van der Waals surface area contributed by atoms with Gasteiger partial charge in [0.1, 0.15) is 5.75 Å². The maximum absolute atomic E-state index is 10.2. The third-order valence-electron chi connectivity index (χ3n) is 0.424. The van der Waals surface area contributed by atoms with E-state index in [1.165, 1.54) is 0 Å². The van der Waals surface area contributed by atoms with Crippen molar-refractivity contribution in [2.24, 2.45) is 0 Å². The second kappa shape index (κ2) is 2.95. The van der Waals surface area contributed by atoms with Crippen molar-refractivity contribution in [3.63, 3.8) is 0 Å². The second-order valence-electron chi connectivity index (χ2n) is 1.08. The first-order valence-electron chi connectivity index (χ1n) is 1.86. The minimum absolute atomic E-state index is 0.569. The fourth-order valence-electron chi connectivity index (χ4n) is 0.188. The summed E-state index contributed by atoms with van der Waals surface area (Å²) in [6.45, 7) is 0. The maximum atomic E-state index is 10.2. The Labute approximate surface area is 53.2 Å². The number of hydrogen-bond donors (Lipinski definition) is 0. The molecule has 9 heavy (non-hydrogen) atoms. The molecule has 0 N–H and O–H groups in total. The van der Waals surface area contributed by atoms with Gasteiger partial charge in [0.05, 0.1) is 0 Å². The summed E-state index contributed by atoms with van der Waals surface area (Å²) in [5.74, 6) is 1.26. The quantitative estimate of drug-likeness (QED) is 0.297. The minimum atomic E-state index is -3.78. The zero-order valence-electron chi connectivity index (χ0n) is 4.36. The number of hydrogen-bond acceptors (Lipinski definition) is 4. The van der Waals surface area contributed by atoms with E-state index in [-0.39, 0.29) is 0 Å². The van der Waals surface area contributed by atoms with Crippen molar-refractivity contribution in [1.29, 1.82) is 5.26 Å². The predicted octanol–water partition coefficient (Wildman–Crippen LogP) is -0.553. The molecule has 5 heteroatoms. The van der Waals surface area contributed by atoms with E-state index < -0.39 is 15.9 Å². The lowest BCUT2D eigenvalue weighted by Gasteiger charge is -1.89. The molecule has 0 heterocycles. The van der Waals surface area contributed by atoms with E-state index in [2.05, 4.69) is 10.6 Å². The standard InChI is InChI=1S/C4H3NO3S/c1-2-3-9(6,7)8-4-5/h1H,3H2. The Bertz CT molecular complexity index is 231. The van der Waals surface area contributed by atoms with Gasteiger partial charge in [-0.25, -0.2) is 0 Å². The van der Waals surface area contributed by atoms with Gasteiger partial charge in [-0.05, 0) is 0 Å². The average molecular weight is 145 g/mol. The molecule has 0 unspecified atom stereocenters. The van der Waals surface area contributed by atoms with Gasteiger partial charge in [0, 0.05) is 0 Å². The zero-order chi connectivity index (χ0) is 7.33. The molecular formula is C4H3NO3S. The molecule has 0 aliphatic carbocycles. The molecule has 0 aliphatic heterocycles. The van der Waals surface area contributed by atoms with Crippen molar-refractivity contribution in [3.8, 4) is 18.6 Å². The number of nitriles is 1. The van der Waals surface area contributed by atoms with Gasteiger partial charge in [-0.15, -0.1) is 11.7 Å². The van der Waals surface area contributed by atoms with Crippen molar-refractivity contribution in [1.82, 2.24) is 0 Å². The normalized spacial score (nSPS) is 9.11. The molecule has 0 aromatic rings. The molecule has 0 rings (SSSR count). The molecule has 0 saturated carbocycles. The fourth-order valence-corrected chi connectivity index (χ4v) is 0.565. The van der Waals surface area contributed by atoms with E-state index in [0.29, 0.717) is 0 Å². The fraction of sp³-hybridized carbons (Fsp3) is 0.250. The van der Waals surface area contributed by atoms with Gasteiger partial charge in [0.15, 0.2) is 0 Å². The average Bonchev–Trinajstić information content (AvgIpc) is 1.64. The molecule has 0 amide bonds. The van der Waals surface area contributed by atoms with Gasteiger partial charge in [0.2, 0.25) is 0 Å². The Hall–Kier alpha value is -1.20. The van der Waals surface area contributed by atoms with Crippen LogP contribution in [-0.4, -0.2) is 14.2 Å². The van der Waals surface area contributed by atoms with E-state index in [0.717, 1.165) is 6.26 Å². The summed E-state index contributed by atoms with van der Waals surface area (Å²) in [5, 5.41) is 7.71. The lowest BCUT2D eigenvalue weighted by atomic mass is 10.8. The van der Waals surface area contributed by atoms with Crippen LogP contribution >= 0.6 is 0 Å². The van der Waals surface area contributed by atoms with Crippen LogP contribution in [0.15, 0.2) is 0 Å². The van der Waals surface area contributed by atoms with Crippen LogP contribution in [0, 0.1) is 23.9 Å². The molecule has 0 saturated heterocycles. The number of rotatable bonds is 2. The monoisotopic (exact) mass is 145 g/mol. The summed E-state index contributed by atoms with van der Waals surface area (Å²) in [5.41, 5.74) is 0. The largest absolute Gasteiger partial charge is 0.330 e. The zero-order valence-corrected chi connectivity index (χ0v) is 5.18. The molecule has 0 atom stereocenters. The van der Waals surface area contributed by atoms with Crippen molar-refractivity contribution < 1.29 is 12.6 Å². The lowest BCUT2D eigenvalue weighted by Crippen LogP contribution is -2.04. The number of terminal acetylenes is 1. The summed E-state index contributed by atoms with van der Waals surface area (Å²) in [7, 11) is -3.78. The Morgan fingerprint density at radius 2 is 2.22 bits per heavy atom. The predicted molar refractivity (Wildman–Crippen MR) is 29.3 cm³/mol. The second-order valence-corrected chi connectivity index (χ2v) is 2.65. The maximum Gasteiger partial charge on any atom is 0.330 e. The van der Waals surface area contributed by atoms with Crippen LogP contribution in [-0.2, 0) is 14.3 Å². The van der Waals surface area contributed by atoms with Crippen molar-refractivity contribution >= 4 is 10.1 Å². The van der Waals surface area contributed by atoms with Crippen molar-refractivity contribution in [3.05, 3.63) is 0 Å². The first-order chi connectivity index (χ1) is 4.12. The molecule has 0 radical (unpaired) electrons. The Morgan fingerprint density at radius 3 is 2.56 bits per heavy atom. The van der Waals surface area contributed by atoms with E-state index in [1.807, 2.05) is 5.92 Å².